The van der Waals surface area contributed by atoms with Gasteiger partial charge >= 0.3 is 5.97 Å². The Morgan fingerprint density at radius 1 is 1.10 bits per heavy atom. The summed E-state index contributed by atoms with van der Waals surface area (Å²) in [5, 5.41) is 9.31. The summed E-state index contributed by atoms with van der Waals surface area (Å²) in [6.45, 7) is 5.29. The molecule has 5 rings (SSSR count). The molecule has 0 spiro atoms. The van der Waals surface area contributed by atoms with Crippen molar-refractivity contribution < 1.29 is 32.3 Å². The Morgan fingerprint density at radius 2 is 1.90 bits per heavy atom. The molecule has 1 atom stereocenters. The predicted octanol–water partition coefficient (Wildman–Crippen LogP) is 4.15. The average molecular weight is 564 g/mol. The Morgan fingerprint density at radius 3 is 2.66 bits per heavy atom. The molecule has 2 aromatic heterocycles. The molecule has 0 bridgehead atoms. The second-order valence-corrected chi connectivity index (χ2v) is 9.44. The van der Waals surface area contributed by atoms with Crippen LogP contribution in [-0.4, -0.2) is 39.0 Å². The molecule has 1 aliphatic rings. The first-order valence-electron chi connectivity index (χ1n) is 12.7. The largest absolute Gasteiger partial charge is 0.458 e. The van der Waals surface area contributed by atoms with Crippen LogP contribution in [0.2, 0.25) is 0 Å². The number of carbonyl (C=O) groups is 3. The summed E-state index contributed by atoms with van der Waals surface area (Å²) < 4.78 is 47.3. The van der Waals surface area contributed by atoms with Gasteiger partial charge in [-0.3, -0.25) is 9.59 Å². The number of ether oxygens (including phenoxy) is 1. The fourth-order valence-electron chi connectivity index (χ4n) is 4.83. The Labute approximate surface area is 232 Å². The fourth-order valence-corrected chi connectivity index (χ4v) is 4.83. The normalized spacial score (nSPS) is 14.0. The van der Waals surface area contributed by atoms with Crippen molar-refractivity contribution >= 4 is 23.4 Å². The van der Waals surface area contributed by atoms with Crippen molar-refractivity contribution in [3.63, 3.8) is 0 Å². The smallest absolute Gasteiger partial charge is 0.338 e. The lowest BCUT2D eigenvalue weighted by atomic mass is 9.98. The van der Waals surface area contributed by atoms with E-state index in [1.54, 1.807) is 12.1 Å². The Balaban J connectivity index is 1.38. The number of aromatic nitrogens is 3. The number of hydrogen-bond acceptors (Lipinski definition) is 6. The van der Waals surface area contributed by atoms with Gasteiger partial charge in [0.2, 0.25) is 0 Å². The first-order valence-corrected chi connectivity index (χ1v) is 12.7. The summed E-state index contributed by atoms with van der Waals surface area (Å²) in [5.74, 6) is -4.78. The van der Waals surface area contributed by atoms with Crippen LogP contribution < -0.4 is 10.6 Å². The van der Waals surface area contributed by atoms with Gasteiger partial charge in [-0.15, -0.1) is 0 Å². The third-order valence-corrected chi connectivity index (χ3v) is 6.88. The highest BCUT2D eigenvalue weighted by Gasteiger charge is 2.29. The molecule has 0 unspecified atom stereocenters. The number of esters is 1. The molecule has 9 nitrogen and oxygen atoms in total. The third-order valence-electron chi connectivity index (χ3n) is 6.88. The highest BCUT2D eigenvalue weighted by atomic mass is 19.2. The first-order chi connectivity index (χ1) is 19.7. The molecule has 210 valence electrons. The molecule has 0 radical (unpaired) electrons. The number of benzene rings is 2. The summed E-state index contributed by atoms with van der Waals surface area (Å²) in [6.07, 6.45) is 3.52. The molecule has 0 saturated heterocycles. The van der Waals surface area contributed by atoms with Crippen molar-refractivity contribution in [3.8, 4) is 0 Å². The molecular weight excluding hydrogens is 539 g/mol. The lowest BCUT2D eigenvalue weighted by molar-refractivity contribution is 0.0548. The van der Waals surface area contributed by atoms with Crippen molar-refractivity contribution in [1.82, 2.24) is 25.2 Å². The van der Waals surface area contributed by atoms with Crippen LogP contribution in [0.3, 0.4) is 0 Å². The van der Waals surface area contributed by atoms with E-state index in [2.05, 4.69) is 27.3 Å². The van der Waals surface area contributed by atoms with Gasteiger partial charge in [0.1, 0.15) is 18.0 Å². The highest BCUT2D eigenvalue weighted by Crippen LogP contribution is 2.35. The van der Waals surface area contributed by atoms with Gasteiger partial charge in [0.05, 0.1) is 17.8 Å². The zero-order valence-corrected chi connectivity index (χ0v) is 21.8. The van der Waals surface area contributed by atoms with Crippen molar-refractivity contribution in [2.24, 2.45) is 0 Å². The molecule has 0 aliphatic heterocycles. The highest BCUT2D eigenvalue weighted by molar-refractivity contribution is 5.98. The standard InChI is InChI=1S/C29H24F3N5O4/c1-3-10-41-29(40)18-5-6-19-17(15(18)2)7-9-23(19)36-28(39)25-12-24(35-26-22(32)14-34-37(25)26)27(38)33-13-16-4-8-20(30)21(31)11-16/h3-6,8,11-12,14,23H,1,7,9-10,13H2,2H3,(H,33,38)(H,36,39)/t23-/m0/s1. The van der Waals surface area contributed by atoms with Crippen LogP contribution in [0.15, 0.2) is 55.3 Å². The molecule has 0 saturated carbocycles. The minimum Gasteiger partial charge on any atom is -0.458 e. The minimum absolute atomic E-state index is 0.0905. The van der Waals surface area contributed by atoms with Gasteiger partial charge in [0.15, 0.2) is 23.1 Å². The maximum atomic E-state index is 14.5. The molecule has 2 aromatic carbocycles. The van der Waals surface area contributed by atoms with E-state index in [1.165, 1.54) is 18.2 Å². The van der Waals surface area contributed by atoms with Crippen LogP contribution in [0.5, 0.6) is 0 Å². The summed E-state index contributed by atoms with van der Waals surface area (Å²) in [5.41, 5.74) is 2.50. The first kappa shape index (κ1) is 27.6. The summed E-state index contributed by atoms with van der Waals surface area (Å²) in [7, 11) is 0. The average Bonchev–Trinajstić information content (AvgIpc) is 3.55. The van der Waals surface area contributed by atoms with Gasteiger partial charge < -0.3 is 15.4 Å². The molecule has 1 aliphatic carbocycles. The lowest BCUT2D eigenvalue weighted by Gasteiger charge is -2.16. The van der Waals surface area contributed by atoms with Crippen LogP contribution in [-0.2, 0) is 17.7 Å². The Bertz CT molecular complexity index is 1720. The van der Waals surface area contributed by atoms with Crippen molar-refractivity contribution in [2.45, 2.75) is 32.4 Å². The van der Waals surface area contributed by atoms with Crippen LogP contribution in [0.25, 0.3) is 5.65 Å². The number of fused-ring (bicyclic) bond motifs is 2. The number of halogens is 3. The van der Waals surface area contributed by atoms with E-state index in [1.807, 2.05) is 6.92 Å². The van der Waals surface area contributed by atoms with Gasteiger partial charge in [0, 0.05) is 12.6 Å². The predicted molar refractivity (Wildman–Crippen MR) is 141 cm³/mol. The van der Waals surface area contributed by atoms with Crippen LogP contribution in [0.4, 0.5) is 13.2 Å². The molecule has 2 N–H and O–H groups in total. The molecule has 0 fully saturated rings. The van der Waals surface area contributed by atoms with E-state index in [-0.39, 0.29) is 30.2 Å². The van der Waals surface area contributed by atoms with Crippen molar-refractivity contribution in [2.75, 3.05) is 6.61 Å². The number of nitrogens with one attached hydrogen (secondary N) is 2. The van der Waals surface area contributed by atoms with E-state index < -0.39 is 41.3 Å². The van der Waals surface area contributed by atoms with Crippen LogP contribution in [0.1, 0.15) is 66.1 Å². The van der Waals surface area contributed by atoms with Gasteiger partial charge in [-0.1, -0.05) is 24.8 Å². The fraction of sp³-hybridized carbons (Fsp3) is 0.207. The van der Waals surface area contributed by atoms with Crippen molar-refractivity contribution in [1.29, 1.82) is 0 Å². The number of amides is 2. The molecule has 41 heavy (non-hydrogen) atoms. The van der Waals surface area contributed by atoms with Crippen LogP contribution in [0, 0.1) is 24.4 Å². The Kier molecular flexibility index (Phi) is 7.56. The maximum absolute atomic E-state index is 14.5. The zero-order valence-electron chi connectivity index (χ0n) is 21.8. The summed E-state index contributed by atoms with van der Waals surface area (Å²) in [4.78, 5) is 42.7. The number of rotatable bonds is 8. The quantitative estimate of drug-likeness (QED) is 0.246. The second kappa shape index (κ2) is 11.2. The monoisotopic (exact) mass is 563 g/mol. The van der Waals surface area contributed by atoms with Gasteiger partial charge in [-0.05, 0) is 60.2 Å². The third kappa shape index (κ3) is 5.40. The maximum Gasteiger partial charge on any atom is 0.338 e. The number of carbonyl (C=O) groups excluding carboxylic acids is 3. The topological polar surface area (TPSA) is 115 Å². The number of hydrogen-bond donors (Lipinski definition) is 2. The van der Waals surface area contributed by atoms with Gasteiger partial charge in [0.25, 0.3) is 11.8 Å². The molecule has 4 aromatic rings. The SMILES string of the molecule is C=CCOC(=O)c1ccc2c(c1C)CC[C@@H]2NC(=O)c1cc(C(=O)NCc2ccc(F)c(F)c2)nc2c(F)cnn12. The van der Waals surface area contributed by atoms with E-state index in [9.17, 15) is 27.6 Å². The zero-order chi connectivity index (χ0) is 29.3. The molecule has 12 heteroatoms. The van der Waals surface area contributed by atoms with E-state index >= 15 is 0 Å². The molecular formula is C29H24F3N5O4. The summed E-state index contributed by atoms with van der Waals surface area (Å²) in [6, 6.07) is 7.35. The van der Waals surface area contributed by atoms with Crippen LogP contribution >= 0.6 is 0 Å². The van der Waals surface area contributed by atoms with Gasteiger partial charge in [-0.25, -0.2) is 27.5 Å². The van der Waals surface area contributed by atoms with Crippen molar-refractivity contribution in [3.05, 3.63) is 112 Å². The Hall–Kier alpha value is -5.00. The number of nitrogens with zero attached hydrogens (tertiary/aromatic N) is 3. The van der Waals surface area contributed by atoms with E-state index in [0.717, 1.165) is 39.5 Å². The lowest BCUT2D eigenvalue weighted by Crippen LogP contribution is -2.30. The second-order valence-electron chi connectivity index (χ2n) is 9.44. The van der Waals surface area contributed by atoms with E-state index in [4.69, 9.17) is 4.74 Å². The molecule has 2 amide bonds. The molecule has 2 heterocycles. The van der Waals surface area contributed by atoms with Gasteiger partial charge in [-0.2, -0.15) is 5.10 Å². The summed E-state index contributed by atoms with van der Waals surface area (Å²) >= 11 is 0. The minimum atomic E-state index is -1.07. The van der Waals surface area contributed by atoms with E-state index in [0.29, 0.717) is 24.0 Å².